The maximum absolute atomic E-state index is 2.70. The molecule has 88 heavy (non-hydrogen) atoms. The average Bonchev–Trinajstić information content (AvgIpc) is 1.35. The average molecular weight is 1130 g/mol. The zero-order valence-corrected chi connectivity index (χ0v) is 48.8. The fourth-order valence-electron chi connectivity index (χ4n) is 14.5. The molecule has 2 nitrogen and oxygen atoms in total. The van der Waals surface area contributed by atoms with Crippen LogP contribution in [0, 0.1) is 0 Å². The van der Waals surface area contributed by atoms with Crippen LogP contribution in [0.15, 0.2) is 322 Å². The number of hydrogen-bond donors (Lipinski definition) is 0. The molecule has 2 aromatic heterocycles. The molecule has 2 aliphatic rings. The molecule has 0 radical (unpaired) electrons. The van der Waals surface area contributed by atoms with E-state index in [1.807, 2.05) is 11.3 Å². The monoisotopic (exact) mass is 1130 g/mol. The fraction of sp³-hybridized carbons (Fsp3) is 0. The number of nitrogens with zero attached hydrogens (tertiary/aromatic N) is 2. The first-order valence-corrected chi connectivity index (χ1v) is 31.2. The Morgan fingerprint density at radius 1 is 0.250 bits per heavy atom. The predicted octanol–water partition coefficient (Wildman–Crippen LogP) is 21.1. The third-order valence-corrected chi connectivity index (χ3v) is 19.6. The van der Waals surface area contributed by atoms with Crippen molar-refractivity contribution in [1.82, 2.24) is 4.57 Å². The van der Waals surface area contributed by atoms with Crippen LogP contribution in [0.1, 0.15) is 0 Å². The molecular formula is C84H53BN2S. The molecular weight excluding hydrogens is 1080 g/mol. The molecule has 0 bridgehead atoms. The number of fused-ring (bicyclic) bond motifs is 10. The first kappa shape index (κ1) is 50.3. The lowest BCUT2D eigenvalue weighted by molar-refractivity contribution is 1.18. The molecule has 18 rings (SSSR count). The molecule has 14 aromatic carbocycles. The minimum Gasteiger partial charge on any atom is -0.310 e. The number of benzene rings is 14. The lowest BCUT2D eigenvalue weighted by Crippen LogP contribution is -2.60. The van der Waals surface area contributed by atoms with Gasteiger partial charge in [-0.05, 0) is 167 Å². The Kier molecular flexibility index (Phi) is 11.6. The molecule has 4 heterocycles. The lowest BCUT2D eigenvalue weighted by atomic mass is 9.33. The number of anilines is 3. The van der Waals surface area contributed by atoms with Crippen molar-refractivity contribution in [2.75, 3.05) is 4.90 Å². The minimum absolute atomic E-state index is 0.154. The Balaban J connectivity index is 0.997. The number of rotatable bonds is 9. The van der Waals surface area contributed by atoms with Gasteiger partial charge in [-0.1, -0.05) is 249 Å². The largest absolute Gasteiger partial charge is 0.310 e. The summed E-state index contributed by atoms with van der Waals surface area (Å²) in [7, 11) is 0. The van der Waals surface area contributed by atoms with Crippen molar-refractivity contribution in [2.24, 2.45) is 0 Å². The quantitative estimate of drug-likeness (QED) is 0.131. The Morgan fingerprint density at radius 3 is 1.27 bits per heavy atom. The van der Waals surface area contributed by atoms with Gasteiger partial charge in [0.05, 0.1) is 11.2 Å². The second kappa shape index (κ2) is 20.3. The minimum atomic E-state index is -0.154. The fourth-order valence-corrected chi connectivity index (χ4v) is 15.6. The summed E-state index contributed by atoms with van der Waals surface area (Å²) in [6.07, 6.45) is 0. The van der Waals surface area contributed by atoms with Crippen molar-refractivity contribution < 1.29 is 0 Å². The summed E-state index contributed by atoms with van der Waals surface area (Å²) in [6, 6.07) is 120. The van der Waals surface area contributed by atoms with Gasteiger partial charge in [-0.15, -0.1) is 11.3 Å². The molecule has 0 amide bonds. The summed E-state index contributed by atoms with van der Waals surface area (Å²) in [5, 5.41) is 5.01. The van der Waals surface area contributed by atoms with Crippen LogP contribution in [-0.4, -0.2) is 11.3 Å². The summed E-state index contributed by atoms with van der Waals surface area (Å²) >= 11 is 1.90. The summed E-state index contributed by atoms with van der Waals surface area (Å²) in [5.41, 5.74) is 29.9. The van der Waals surface area contributed by atoms with E-state index in [9.17, 15) is 0 Å². The van der Waals surface area contributed by atoms with Gasteiger partial charge in [-0.2, -0.15) is 0 Å². The van der Waals surface area contributed by atoms with E-state index in [-0.39, 0.29) is 6.71 Å². The molecule has 0 saturated heterocycles. The summed E-state index contributed by atoms with van der Waals surface area (Å²) in [6.45, 7) is -0.154. The van der Waals surface area contributed by atoms with Crippen molar-refractivity contribution in [3.8, 4) is 94.7 Å². The van der Waals surface area contributed by atoms with Gasteiger partial charge >= 0.3 is 0 Å². The van der Waals surface area contributed by atoms with Crippen LogP contribution < -0.4 is 21.3 Å². The highest BCUT2D eigenvalue weighted by Crippen LogP contribution is 2.53. The van der Waals surface area contributed by atoms with Gasteiger partial charge in [0.2, 0.25) is 0 Å². The molecule has 0 atom stereocenters. The highest BCUT2D eigenvalue weighted by Gasteiger charge is 2.44. The molecule has 0 spiro atoms. The van der Waals surface area contributed by atoms with Crippen LogP contribution in [0.3, 0.4) is 0 Å². The lowest BCUT2D eigenvalue weighted by Gasteiger charge is -2.42. The molecule has 0 aliphatic carbocycles. The smallest absolute Gasteiger partial charge is 0.252 e. The molecule has 0 unspecified atom stereocenters. The van der Waals surface area contributed by atoms with Crippen LogP contribution in [0.5, 0.6) is 0 Å². The van der Waals surface area contributed by atoms with Crippen LogP contribution >= 0.6 is 11.3 Å². The van der Waals surface area contributed by atoms with Gasteiger partial charge in [-0.25, -0.2) is 0 Å². The maximum Gasteiger partial charge on any atom is 0.252 e. The normalized spacial score (nSPS) is 12.3. The molecule has 4 heteroatoms. The van der Waals surface area contributed by atoms with Gasteiger partial charge in [0.1, 0.15) is 0 Å². The van der Waals surface area contributed by atoms with Crippen LogP contribution in [0.4, 0.5) is 17.1 Å². The van der Waals surface area contributed by atoms with Crippen LogP contribution in [-0.2, 0) is 0 Å². The first-order chi connectivity index (χ1) is 43.6. The molecule has 0 saturated carbocycles. The van der Waals surface area contributed by atoms with E-state index in [0.717, 1.165) is 33.5 Å². The van der Waals surface area contributed by atoms with E-state index in [0.29, 0.717) is 0 Å². The molecule has 0 fully saturated rings. The van der Waals surface area contributed by atoms with E-state index < -0.39 is 0 Å². The highest BCUT2D eigenvalue weighted by molar-refractivity contribution is 7.26. The number of thiophene rings is 1. The Bertz CT molecular complexity index is 5360. The van der Waals surface area contributed by atoms with E-state index in [1.165, 1.54) is 137 Å². The summed E-state index contributed by atoms with van der Waals surface area (Å²) in [5.74, 6) is 0. The van der Waals surface area contributed by atoms with E-state index >= 15 is 0 Å². The Hall–Kier alpha value is -11.0. The van der Waals surface area contributed by atoms with Crippen molar-refractivity contribution >= 4 is 93.5 Å². The zero-order chi connectivity index (χ0) is 57.8. The van der Waals surface area contributed by atoms with Crippen molar-refractivity contribution in [3.05, 3.63) is 322 Å². The Labute approximate surface area is 515 Å². The van der Waals surface area contributed by atoms with Gasteiger partial charge < -0.3 is 9.47 Å². The SMILES string of the molecule is c1ccc(-c2cccc(-c3ccc4c(c3)c3cc(-c5cccc(-c6ccccc6)c5)cc5c3n4-c3cc(-c4ccccc4)cc4c3B5c3cc5sc6ccccc6c5cc3N4c3c(-c4ccccc4)cc(-c4ccccc4)cc3-c3ccccc3)c2)cc1. The van der Waals surface area contributed by atoms with E-state index in [1.54, 1.807) is 0 Å². The van der Waals surface area contributed by atoms with Gasteiger partial charge in [0, 0.05) is 64.7 Å². The highest BCUT2D eigenvalue weighted by atomic mass is 32.1. The van der Waals surface area contributed by atoms with Gasteiger partial charge in [0.25, 0.3) is 6.71 Å². The van der Waals surface area contributed by atoms with Crippen molar-refractivity contribution in [1.29, 1.82) is 0 Å². The second-order valence-corrected chi connectivity index (χ2v) is 24.6. The molecule has 16 aromatic rings. The van der Waals surface area contributed by atoms with Crippen LogP contribution in [0.2, 0.25) is 0 Å². The third kappa shape index (κ3) is 8.10. The van der Waals surface area contributed by atoms with E-state index in [4.69, 9.17) is 0 Å². The Morgan fingerprint density at radius 2 is 0.693 bits per heavy atom. The third-order valence-electron chi connectivity index (χ3n) is 18.5. The standard InChI is InChI=1S/C84H53BN2S/c1-7-23-54(24-8-1)60-35-21-37-62(43-60)64-41-42-76-71(45-64)73-48-66(63-38-22-36-61(44-63)55-25-9-2-10-26-55)49-75-84(73)86(76)78-50-67(57-29-13-4-14-30-57)51-79-82(78)85(75)74-53-81-72(68-39-19-20-40-80(68)88-81)52-77(74)87(79)83-69(58-31-15-5-16-32-58)46-65(56-27-11-3-12-28-56)47-70(83)59-33-17-6-18-34-59/h1-53H. The van der Waals surface area contributed by atoms with Crippen molar-refractivity contribution in [2.45, 2.75) is 0 Å². The topological polar surface area (TPSA) is 8.17 Å². The summed E-state index contributed by atoms with van der Waals surface area (Å²) in [4.78, 5) is 2.70. The summed E-state index contributed by atoms with van der Waals surface area (Å²) < 4.78 is 5.22. The van der Waals surface area contributed by atoms with Crippen LogP contribution in [0.25, 0.3) is 137 Å². The van der Waals surface area contributed by atoms with E-state index in [2.05, 4.69) is 331 Å². The second-order valence-electron chi connectivity index (χ2n) is 23.5. The predicted molar refractivity (Wildman–Crippen MR) is 376 cm³/mol. The number of aromatic nitrogens is 1. The van der Waals surface area contributed by atoms with Crippen molar-refractivity contribution in [3.63, 3.8) is 0 Å². The van der Waals surface area contributed by atoms with Gasteiger partial charge in [0.15, 0.2) is 0 Å². The zero-order valence-electron chi connectivity index (χ0n) is 48.0. The molecule has 0 N–H and O–H groups in total. The molecule has 2 aliphatic heterocycles. The van der Waals surface area contributed by atoms with Gasteiger partial charge in [-0.3, -0.25) is 0 Å². The first-order valence-electron chi connectivity index (χ1n) is 30.4. The molecule has 408 valence electrons. The maximum atomic E-state index is 2.70. The number of hydrogen-bond acceptors (Lipinski definition) is 2.